The molecule has 2 aromatic rings. The summed E-state index contributed by atoms with van der Waals surface area (Å²) < 4.78 is 62.5. The first-order valence-electron chi connectivity index (χ1n) is 14.2. The SMILES string of the molecule is CCCOc1c(OCCCO)cc([C@@H]2CC[C@@H](c3cc(OC)c(OC)c(OC)c3)O2)cc1S(=O)(=O)CC(C)NCC. The fourth-order valence-electron chi connectivity index (χ4n) is 4.96. The maximum Gasteiger partial charge on any atom is 0.203 e. The predicted octanol–water partition coefficient (Wildman–Crippen LogP) is 4.63. The molecule has 0 spiro atoms. The van der Waals surface area contributed by atoms with Crippen LogP contribution in [-0.4, -0.2) is 73.0 Å². The first kappa shape index (κ1) is 32.8. The van der Waals surface area contributed by atoms with Crippen LogP contribution in [0.2, 0.25) is 0 Å². The molecule has 1 fully saturated rings. The Morgan fingerprint density at radius 1 is 0.902 bits per heavy atom. The van der Waals surface area contributed by atoms with E-state index in [4.69, 9.17) is 28.4 Å². The van der Waals surface area contributed by atoms with Gasteiger partial charge in [0.25, 0.3) is 0 Å². The summed E-state index contributed by atoms with van der Waals surface area (Å²) in [5.41, 5.74) is 1.56. The first-order valence-corrected chi connectivity index (χ1v) is 15.8. The van der Waals surface area contributed by atoms with Crippen molar-refractivity contribution in [1.82, 2.24) is 5.32 Å². The van der Waals surface area contributed by atoms with Crippen LogP contribution in [0.15, 0.2) is 29.2 Å². The summed E-state index contributed by atoms with van der Waals surface area (Å²) in [4.78, 5) is 0.0898. The second-order valence-corrected chi connectivity index (χ2v) is 12.0. The Kier molecular flexibility index (Phi) is 12.4. The second-order valence-electron chi connectivity index (χ2n) is 10.0. The highest BCUT2D eigenvalue weighted by Gasteiger charge is 2.33. The van der Waals surface area contributed by atoms with E-state index < -0.39 is 9.84 Å². The summed E-state index contributed by atoms with van der Waals surface area (Å²) in [5.74, 6) is 2.02. The van der Waals surface area contributed by atoms with Crippen molar-refractivity contribution >= 4 is 9.84 Å². The quantitative estimate of drug-likeness (QED) is 0.250. The Bertz CT molecular complexity index is 1210. The molecule has 230 valence electrons. The van der Waals surface area contributed by atoms with Gasteiger partial charge in [-0.25, -0.2) is 8.42 Å². The largest absolute Gasteiger partial charge is 0.493 e. The maximum absolute atomic E-state index is 13.7. The maximum atomic E-state index is 13.7. The van der Waals surface area contributed by atoms with E-state index in [0.29, 0.717) is 67.4 Å². The zero-order valence-corrected chi connectivity index (χ0v) is 25.8. The van der Waals surface area contributed by atoms with Gasteiger partial charge >= 0.3 is 0 Å². The number of rotatable bonds is 17. The molecule has 0 amide bonds. The lowest BCUT2D eigenvalue weighted by molar-refractivity contribution is 0.0434. The smallest absolute Gasteiger partial charge is 0.203 e. The molecule has 1 saturated heterocycles. The molecule has 2 aromatic carbocycles. The zero-order chi connectivity index (χ0) is 30.0. The molecule has 1 aliphatic rings. The van der Waals surface area contributed by atoms with E-state index in [-0.39, 0.29) is 47.9 Å². The minimum atomic E-state index is -3.76. The van der Waals surface area contributed by atoms with Gasteiger partial charge in [-0.15, -0.1) is 0 Å². The zero-order valence-electron chi connectivity index (χ0n) is 25.0. The first-order chi connectivity index (χ1) is 19.7. The minimum absolute atomic E-state index is 0.0433. The van der Waals surface area contributed by atoms with Crippen molar-refractivity contribution in [2.75, 3.05) is 53.4 Å². The fourth-order valence-corrected chi connectivity index (χ4v) is 6.67. The van der Waals surface area contributed by atoms with Crippen LogP contribution in [0, 0.1) is 0 Å². The van der Waals surface area contributed by atoms with Gasteiger partial charge in [0.2, 0.25) is 5.75 Å². The van der Waals surface area contributed by atoms with Gasteiger partial charge in [-0.2, -0.15) is 0 Å². The van der Waals surface area contributed by atoms with Crippen LogP contribution in [0.3, 0.4) is 0 Å². The Labute approximate surface area is 244 Å². The van der Waals surface area contributed by atoms with E-state index in [0.717, 1.165) is 5.56 Å². The van der Waals surface area contributed by atoms with Gasteiger partial charge in [0, 0.05) is 19.1 Å². The Balaban J connectivity index is 2.03. The number of hydrogen-bond donors (Lipinski definition) is 2. The molecular weight excluding hydrogens is 550 g/mol. The van der Waals surface area contributed by atoms with E-state index in [1.54, 1.807) is 33.5 Å². The summed E-state index contributed by atoms with van der Waals surface area (Å²) in [5, 5.41) is 12.5. The molecule has 2 N–H and O–H groups in total. The van der Waals surface area contributed by atoms with Crippen LogP contribution in [0.1, 0.15) is 69.8 Å². The van der Waals surface area contributed by atoms with Gasteiger partial charge in [-0.1, -0.05) is 13.8 Å². The van der Waals surface area contributed by atoms with Crippen molar-refractivity contribution in [3.8, 4) is 28.7 Å². The molecule has 0 aromatic heterocycles. The van der Waals surface area contributed by atoms with Gasteiger partial charge in [-0.05, 0) is 68.1 Å². The van der Waals surface area contributed by atoms with E-state index in [1.807, 2.05) is 32.9 Å². The Morgan fingerprint density at radius 3 is 2.05 bits per heavy atom. The van der Waals surface area contributed by atoms with E-state index >= 15 is 0 Å². The third-order valence-electron chi connectivity index (χ3n) is 6.86. The normalized spacial score (nSPS) is 17.7. The van der Waals surface area contributed by atoms with Gasteiger partial charge in [0.15, 0.2) is 32.8 Å². The van der Waals surface area contributed by atoms with Crippen molar-refractivity contribution in [3.05, 3.63) is 35.4 Å². The topological polar surface area (TPSA) is 122 Å². The van der Waals surface area contributed by atoms with Gasteiger partial charge in [-0.3, -0.25) is 0 Å². The summed E-state index contributed by atoms with van der Waals surface area (Å²) in [6.07, 6.45) is 1.84. The summed E-state index contributed by atoms with van der Waals surface area (Å²) in [7, 11) is 0.934. The highest BCUT2D eigenvalue weighted by molar-refractivity contribution is 7.91. The standard InChI is InChI=1S/C30H45NO9S/c1-7-13-39-30-27(38-14-9-12-32)17-22(18-28(30)41(33,34)19-20(3)31-8-2)24-11-10-23(40-24)21-15-25(35-4)29(37-6)26(16-21)36-5/h15-18,20,23-24,31-32H,7-14,19H2,1-6H3/t20?,23-,24-/m0/s1. The number of sulfone groups is 1. The molecule has 0 bridgehead atoms. The van der Waals surface area contributed by atoms with Crippen LogP contribution >= 0.6 is 0 Å². The van der Waals surface area contributed by atoms with Crippen LogP contribution in [0.4, 0.5) is 0 Å². The van der Waals surface area contributed by atoms with Crippen molar-refractivity contribution < 1.29 is 41.9 Å². The molecule has 10 nitrogen and oxygen atoms in total. The van der Waals surface area contributed by atoms with Crippen LogP contribution in [0.25, 0.3) is 0 Å². The molecule has 3 rings (SSSR count). The Hall–Kier alpha value is -2.73. The van der Waals surface area contributed by atoms with Crippen LogP contribution < -0.4 is 29.0 Å². The number of methoxy groups -OCH3 is 3. The minimum Gasteiger partial charge on any atom is -0.493 e. The monoisotopic (exact) mass is 595 g/mol. The van der Waals surface area contributed by atoms with Crippen molar-refractivity contribution in [2.45, 2.75) is 69.6 Å². The molecular formula is C30H45NO9S. The third kappa shape index (κ3) is 8.18. The molecule has 0 aliphatic carbocycles. The van der Waals surface area contributed by atoms with Crippen molar-refractivity contribution in [1.29, 1.82) is 0 Å². The molecule has 11 heteroatoms. The predicted molar refractivity (Wildman–Crippen MR) is 157 cm³/mol. The molecule has 1 aliphatic heterocycles. The number of ether oxygens (including phenoxy) is 6. The van der Waals surface area contributed by atoms with Gasteiger partial charge in [0.05, 0.1) is 52.5 Å². The molecule has 0 radical (unpaired) electrons. The highest BCUT2D eigenvalue weighted by atomic mass is 32.2. The summed E-state index contributed by atoms with van der Waals surface area (Å²) in [6.45, 7) is 6.91. The van der Waals surface area contributed by atoms with E-state index in [9.17, 15) is 13.5 Å². The third-order valence-corrected chi connectivity index (χ3v) is 8.77. The lowest BCUT2D eigenvalue weighted by atomic mass is 10.0. The fraction of sp³-hybridized carbons (Fsp3) is 0.600. The van der Waals surface area contributed by atoms with E-state index in [2.05, 4.69) is 5.32 Å². The number of benzene rings is 2. The van der Waals surface area contributed by atoms with Crippen LogP contribution in [-0.2, 0) is 14.6 Å². The molecule has 1 unspecified atom stereocenters. The second kappa shape index (κ2) is 15.5. The number of nitrogens with one attached hydrogen (secondary N) is 1. The van der Waals surface area contributed by atoms with Gasteiger partial charge in [0.1, 0.15) is 4.90 Å². The van der Waals surface area contributed by atoms with E-state index in [1.165, 1.54) is 0 Å². The van der Waals surface area contributed by atoms with Gasteiger partial charge < -0.3 is 38.8 Å². The summed E-state index contributed by atoms with van der Waals surface area (Å²) >= 11 is 0. The summed E-state index contributed by atoms with van der Waals surface area (Å²) in [6, 6.07) is 6.96. The average Bonchev–Trinajstić information content (AvgIpc) is 3.45. The van der Waals surface area contributed by atoms with Crippen molar-refractivity contribution in [3.63, 3.8) is 0 Å². The molecule has 41 heavy (non-hydrogen) atoms. The Morgan fingerprint density at radius 2 is 1.51 bits per heavy atom. The number of hydrogen-bond acceptors (Lipinski definition) is 10. The molecule has 0 saturated carbocycles. The molecule has 3 atom stereocenters. The van der Waals surface area contributed by atoms with Crippen molar-refractivity contribution in [2.24, 2.45) is 0 Å². The average molecular weight is 596 g/mol. The highest BCUT2D eigenvalue weighted by Crippen LogP contribution is 2.48. The van der Waals surface area contributed by atoms with Crippen LogP contribution in [0.5, 0.6) is 28.7 Å². The lowest BCUT2D eigenvalue weighted by Gasteiger charge is -2.22. The molecule has 1 heterocycles. The number of aliphatic hydroxyl groups excluding tert-OH is 1. The lowest BCUT2D eigenvalue weighted by Crippen LogP contribution is -2.33. The number of aliphatic hydroxyl groups is 1.